The van der Waals surface area contributed by atoms with E-state index in [0.717, 1.165) is 5.75 Å². The maximum absolute atomic E-state index is 12.1. The largest absolute Gasteiger partial charge is 0.493 e. The Morgan fingerprint density at radius 2 is 1.78 bits per heavy atom. The molecule has 100 valence electrons. The molecule has 0 bridgehead atoms. The van der Waals surface area contributed by atoms with Gasteiger partial charge in [0, 0.05) is 12.2 Å². The number of benzene rings is 1. The van der Waals surface area contributed by atoms with Crippen molar-refractivity contribution in [2.45, 2.75) is 6.42 Å². The van der Waals surface area contributed by atoms with Crippen LogP contribution < -0.4 is 14.2 Å². The van der Waals surface area contributed by atoms with Gasteiger partial charge in [-0.25, -0.2) is 0 Å². The lowest BCUT2D eigenvalue weighted by molar-refractivity contribution is 0.0986. The maximum Gasteiger partial charge on any atom is 0.204 e. The third-order valence-electron chi connectivity index (χ3n) is 2.54. The minimum atomic E-state index is 0.0437. The van der Waals surface area contributed by atoms with Crippen molar-refractivity contribution in [3.8, 4) is 17.2 Å². The summed E-state index contributed by atoms with van der Waals surface area (Å²) in [5.74, 6) is 2.27. The van der Waals surface area contributed by atoms with Crippen molar-refractivity contribution >= 4 is 17.5 Å². The molecule has 5 heteroatoms. The molecule has 0 aliphatic carbocycles. The normalized spacial score (nSPS) is 10.0. The molecule has 0 fully saturated rings. The van der Waals surface area contributed by atoms with Crippen LogP contribution in [0.15, 0.2) is 12.1 Å². The number of Topliss-reactive ketones (excluding diaryl/α,β-unsaturated/α-hetero) is 1. The van der Waals surface area contributed by atoms with Crippen molar-refractivity contribution in [2.75, 3.05) is 33.3 Å². The summed E-state index contributed by atoms with van der Waals surface area (Å²) < 4.78 is 15.7. The van der Waals surface area contributed by atoms with E-state index in [1.54, 1.807) is 31.0 Å². The van der Waals surface area contributed by atoms with E-state index in [0.29, 0.717) is 29.2 Å². The zero-order chi connectivity index (χ0) is 13.5. The highest BCUT2D eigenvalue weighted by Gasteiger charge is 2.19. The molecule has 0 spiro atoms. The summed E-state index contributed by atoms with van der Waals surface area (Å²) in [6.45, 7) is 0. The summed E-state index contributed by atoms with van der Waals surface area (Å²) in [6.07, 6.45) is 2.45. The number of ketones is 1. The molecule has 0 heterocycles. The summed E-state index contributed by atoms with van der Waals surface area (Å²) in [7, 11) is 4.59. The summed E-state index contributed by atoms with van der Waals surface area (Å²) in [4.78, 5) is 12.1. The Balaban J connectivity index is 3.16. The van der Waals surface area contributed by atoms with Crippen molar-refractivity contribution in [1.29, 1.82) is 0 Å². The van der Waals surface area contributed by atoms with Gasteiger partial charge in [0.2, 0.25) is 5.75 Å². The number of ether oxygens (including phenoxy) is 3. The number of hydrogen-bond donors (Lipinski definition) is 0. The molecular formula is C13H18O4S. The van der Waals surface area contributed by atoms with Crippen LogP contribution in [-0.2, 0) is 0 Å². The van der Waals surface area contributed by atoms with Crippen LogP contribution in [0.4, 0.5) is 0 Å². The lowest BCUT2D eigenvalue weighted by Gasteiger charge is -2.14. The van der Waals surface area contributed by atoms with Gasteiger partial charge in [-0.2, -0.15) is 11.8 Å². The Hall–Kier alpha value is -1.36. The molecule has 0 aromatic heterocycles. The predicted octanol–water partition coefficient (Wildman–Crippen LogP) is 2.65. The molecule has 0 saturated carbocycles. The molecule has 4 nitrogen and oxygen atoms in total. The van der Waals surface area contributed by atoms with Crippen molar-refractivity contribution in [3.63, 3.8) is 0 Å². The molecule has 0 aliphatic rings. The van der Waals surface area contributed by atoms with E-state index >= 15 is 0 Å². The molecule has 1 rings (SSSR count). The van der Waals surface area contributed by atoms with Crippen LogP contribution in [-0.4, -0.2) is 39.1 Å². The first-order chi connectivity index (χ1) is 8.69. The third-order valence-corrected chi connectivity index (χ3v) is 3.15. The Morgan fingerprint density at radius 3 is 2.28 bits per heavy atom. The summed E-state index contributed by atoms with van der Waals surface area (Å²) in [5, 5.41) is 0. The lowest BCUT2D eigenvalue weighted by Crippen LogP contribution is -2.05. The Labute approximate surface area is 112 Å². The number of hydrogen-bond acceptors (Lipinski definition) is 5. The second-order valence-corrected chi connectivity index (χ2v) is 4.53. The van der Waals surface area contributed by atoms with E-state index in [1.165, 1.54) is 14.2 Å². The van der Waals surface area contributed by atoms with Gasteiger partial charge in [0.15, 0.2) is 17.3 Å². The van der Waals surface area contributed by atoms with Crippen molar-refractivity contribution in [2.24, 2.45) is 0 Å². The smallest absolute Gasteiger partial charge is 0.204 e. The molecule has 0 saturated heterocycles. The molecular weight excluding hydrogens is 252 g/mol. The van der Waals surface area contributed by atoms with Gasteiger partial charge in [-0.15, -0.1) is 0 Å². The molecule has 1 aromatic carbocycles. The Bertz CT molecular complexity index is 418. The quantitative estimate of drug-likeness (QED) is 0.713. The standard InChI is InChI=1S/C13H18O4S/c1-15-11-6-5-9(10(14)7-8-18-4)12(16-2)13(11)17-3/h5-6H,7-8H2,1-4H3. The van der Waals surface area contributed by atoms with E-state index in [9.17, 15) is 4.79 Å². The van der Waals surface area contributed by atoms with Crippen LogP contribution in [0.5, 0.6) is 17.2 Å². The number of rotatable bonds is 7. The van der Waals surface area contributed by atoms with Crippen molar-refractivity contribution in [3.05, 3.63) is 17.7 Å². The van der Waals surface area contributed by atoms with Crippen LogP contribution in [0.3, 0.4) is 0 Å². The Morgan fingerprint density at radius 1 is 1.11 bits per heavy atom. The van der Waals surface area contributed by atoms with E-state index < -0.39 is 0 Å². The van der Waals surface area contributed by atoms with Crippen molar-refractivity contribution < 1.29 is 19.0 Å². The number of carbonyl (C=O) groups is 1. The Kier molecular flexibility index (Phi) is 5.85. The van der Waals surface area contributed by atoms with Gasteiger partial charge in [0.25, 0.3) is 0 Å². The van der Waals surface area contributed by atoms with E-state index in [4.69, 9.17) is 14.2 Å². The van der Waals surface area contributed by atoms with Gasteiger partial charge in [0.1, 0.15) is 0 Å². The topological polar surface area (TPSA) is 44.8 Å². The zero-order valence-electron chi connectivity index (χ0n) is 11.1. The van der Waals surface area contributed by atoms with Gasteiger partial charge in [-0.05, 0) is 18.4 Å². The maximum atomic E-state index is 12.1. The summed E-state index contributed by atoms with van der Waals surface area (Å²) in [6, 6.07) is 3.43. The third kappa shape index (κ3) is 3.10. The number of methoxy groups -OCH3 is 3. The van der Waals surface area contributed by atoms with E-state index in [1.807, 2.05) is 6.26 Å². The van der Waals surface area contributed by atoms with Crippen molar-refractivity contribution in [1.82, 2.24) is 0 Å². The highest BCUT2D eigenvalue weighted by Crippen LogP contribution is 2.40. The van der Waals surface area contributed by atoms with E-state index in [2.05, 4.69) is 0 Å². The van der Waals surface area contributed by atoms with E-state index in [-0.39, 0.29) is 5.78 Å². The molecule has 18 heavy (non-hydrogen) atoms. The second kappa shape index (κ2) is 7.16. The lowest BCUT2D eigenvalue weighted by atomic mass is 10.1. The first-order valence-electron chi connectivity index (χ1n) is 5.50. The monoisotopic (exact) mass is 270 g/mol. The molecule has 1 aromatic rings. The zero-order valence-corrected chi connectivity index (χ0v) is 11.9. The van der Waals surface area contributed by atoms with Crippen LogP contribution in [0, 0.1) is 0 Å². The van der Waals surface area contributed by atoms with Gasteiger partial charge in [0.05, 0.1) is 26.9 Å². The first-order valence-corrected chi connectivity index (χ1v) is 6.90. The highest BCUT2D eigenvalue weighted by molar-refractivity contribution is 7.98. The van der Waals surface area contributed by atoms with Crippen LogP contribution in [0.1, 0.15) is 16.8 Å². The fourth-order valence-electron chi connectivity index (χ4n) is 1.65. The fraction of sp³-hybridized carbons (Fsp3) is 0.462. The highest BCUT2D eigenvalue weighted by atomic mass is 32.2. The second-order valence-electron chi connectivity index (χ2n) is 3.55. The summed E-state index contributed by atoms with van der Waals surface area (Å²) >= 11 is 1.64. The number of thioether (sulfide) groups is 1. The molecule has 0 atom stereocenters. The summed E-state index contributed by atoms with van der Waals surface area (Å²) in [5.41, 5.74) is 0.532. The predicted molar refractivity (Wildman–Crippen MR) is 73.4 cm³/mol. The molecule has 0 aliphatic heterocycles. The minimum Gasteiger partial charge on any atom is -0.493 e. The van der Waals surface area contributed by atoms with Gasteiger partial charge >= 0.3 is 0 Å². The number of carbonyl (C=O) groups excluding carboxylic acids is 1. The first kappa shape index (κ1) is 14.7. The average molecular weight is 270 g/mol. The van der Waals surface area contributed by atoms with Crippen LogP contribution >= 0.6 is 11.8 Å². The van der Waals surface area contributed by atoms with Crippen LogP contribution in [0.25, 0.3) is 0 Å². The molecule has 0 radical (unpaired) electrons. The minimum absolute atomic E-state index is 0.0437. The average Bonchev–Trinajstić information content (AvgIpc) is 2.42. The van der Waals surface area contributed by atoms with Gasteiger partial charge < -0.3 is 14.2 Å². The SMILES string of the molecule is COc1ccc(C(=O)CCSC)c(OC)c1OC. The van der Waals surface area contributed by atoms with Crippen LogP contribution in [0.2, 0.25) is 0 Å². The van der Waals surface area contributed by atoms with Gasteiger partial charge in [-0.1, -0.05) is 0 Å². The molecule has 0 N–H and O–H groups in total. The van der Waals surface area contributed by atoms with Gasteiger partial charge in [-0.3, -0.25) is 4.79 Å². The fourth-order valence-corrected chi connectivity index (χ4v) is 2.04. The molecule has 0 amide bonds. The molecule has 0 unspecified atom stereocenters.